The number of furan rings is 1. The Hall–Kier alpha value is -3.04. The number of H-pyrrole nitrogens is 1. The lowest BCUT2D eigenvalue weighted by molar-refractivity contribution is 0.215. The molecule has 3 heteroatoms. The van der Waals surface area contributed by atoms with Gasteiger partial charge >= 0.3 is 0 Å². The van der Waals surface area contributed by atoms with Gasteiger partial charge in [-0.15, -0.1) is 0 Å². The van der Waals surface area contributed by atoms with E-state index < -0.39 is 0 Å². The Morgan fingerprint density at radius 2 is 1.67 bits per heavy atom. The molecule has 0 spiro atoms. The quantitative estimate of drug-likeness (QED) is 0.378. The fourth-order valence-corrected chi connectivity index (χ4v) is 5.19. The molecule has 0 aliphatic carbocycles. The molecule has 3 aromatic carbocycles. The number of likely N-dealkylation sites (tertiary alicyclic amines) is 1. The van der Waals surface area contributed by atoms with Crippen LogP contribution >= 0.6 is 0 Å². The van der Waals surface area contributed by atoms with E-state index in [-0.39, 0.29) is 0 Å². The minimum Gasteiger partial charge on any atom is -0.463 e. The number of hydrogen-bond acceptors (Lipinski definition) is 2. The molecular formula is C27H26N2O. The lowest BCUT2D eigenvalue weighted by Gasteiger charge is -2.31. The number of nitrogens with one attached hydrogen (secondary N) is 1. The predicted octanol–water partition coefficient (Wildman–Crippen LogP) is 6.49. The molecule has 0 atom stereocenters. The Morgan fingerprint density at radius 1 is 0.867 bits per heavy atom. The number of fused-ring (bicyclic) bond motifs is 4. The first kappa shape index (κ1) is 17.8. The van der Waals surface area contributed by atoms with Gasteiger partial charge in [0.05, 0.1) is 6.26 Å². The van der Waals surface area contributed by atoms with Crippen LogP contribution in [0.15, 0.2) is 77.5 Å². The number of aromatic nitrogens is 1. The van der Waals surface area contributed by atoms with Crippen molar-refractivity contribution in [2.24, 2.45) is 0 Å². The first-order valence-corrected chi connectivity index (χ1v) is 11.0. The summed E-state index contributed by atoms with van der Waals surface area (Å²) in [5.74, 6) is 0.665. The highest BCUT2D eigenvalue weighted by atomic mass is 16.3. The van der Waals surface area contributed by atoms with Crippen LogP contribution in [-0.4, -0.2) is 29.5 Å². The van der Waals surface area contributed by atoms with Gasteiger partial charge in [0.15, 0.2) is 0 Å². The molecule has 0 saturated carbocycles. The van der Waals surface area contributed by atoms with Crippen LogP contribution in [0.2, 0.25) is 0 Å². The van der Waals surface area contributed by atoms with Crippen molar-refractivity contribution in [1.82, 2.24) is 9.88 Å². The summed E-state index contributed by atoms with van der Waals surface area (Å²) < 4.78 is 5.99. The van der Waals surface area contributed by atoms with E-state index in [2.05, 4.69) is 76.7 Å². The van der Waals surface area contributed by atoms with Crippen LogP contribution in [-0.2, 0) is 6.42 Å². The molecule has 0 radical (unpaired) electrons. The SMILES string of the molecule is c1ccc2c(c1)ccc1c(CCN3CCC(c4c[nH]c5ccccc45)CC3)coc12. The van der Waals surface area contributed by atoms with Crippen LogP contribution in [0, 0.1) is 0 Å². The summed E-state index contributed by atoms with van der Waals surface area (Å²) in [6, 6.07) is 21.6. The molecule has 1 aliphatic rings. The molecule has 1 aliphatic heterocycles. The molecule has 2 aromatic heterocycles. The molecule has 3 heterocycles. The molecule has 0 amide bonds. The molecular weight excluding hydrogens is 368 g/mol. The van der Waals surface area contributed by atoms with Gasteiger partial charge in [-0.2, -0.15) is 0 Å². The van der Waals surface area contributed by atoms with Crippen molar-refractivity contribution in [2.45, 2.75) is 25.2 Å². The lowest BCUT2D eigenvalue weighted by atomic mass is 9.89. The Bertz CT molecular complexity index is 1320. The molecule has 1 N–H and O–H groups in total. The number of aromatic amines is 1. The van der Waals surface area contributed by atoms with E-state index in [0.717, 1.165) is 18.5 Å². The smallest absolute Gasteiger partial charge is 0.141 e. The number of hydrogen-bond donors (Lipinski definition) is 1. The molecule has 1 fully saturated rings. The van der Waals surface area contributed by atoms with Crippen LogP contribution in [0.1, 0.15) is 29.9 Å². The van der Waals surface area contributed by atoms with Crippen molar-refractivity contribution in [3.05, 3.63) is 84.3 Å². The Morgan fingerprint density at radius 3 is 2.57 bits per heavy atom. The second kappa shape index (κ2) is 7.33. The summed E-state index contributed by atoms with van der Waals surface area (Å²) in [6.07, 6.45) is 7.71. The molecule has 150 valence electrons. The summed E-state index contributed by atoms with van der Waals surface area (Å²) in [6.45, 7) is 3.44. The molecule has 0 unspecified atom stereocenters. The first-order valence-electron chi connectivity index (χ1n) is 11.0. The van der Waals surface area contributed by atoms with E-state index in [0.29, 0.717) is 5.92 Å². The van der Waals surface area contributed by atoms with Gasteiger partial charge in [0, 0.05) is 34.4 Å². The van der Waals surface area contributed by atoms with Gasteiger partial charge in [-0.3, -0.25) is 0 Å². The van der Waals surface area contributed by atoms with Crippen molar-refractivity contribution in [2.75, 3.05) is 19.6 Å². The second-order valence-corrected chi connectivity index (χ2v) is 8.58. The van der Waals surface area contributed by atoms with Crippen LogP contribution in [0.5, 0.6) is 0 Å². The summed E-state index contributed by atoms with van der Waals surface area (Å²) in [7, 11) is 0. The monoisotopic (exact) mass is 394 g/mol. The average Bonchev–Trinajstić information content (AvgIpc) is 3.42. The van der Waals surface area contributed by atoms with Crippen LogP contribution < -0.4 is 0 Å². The van der Waals surface area contributed by atoms with Gasteiger partial charge in [0.2, 0.25) is 0 Å². The van der Waals surface area contributed by atoms with Crippen molar-refractivity contribution >= 4 is 32.6 Å². The van der Waals surface area contributed by atoms with E-state index in [1.54, 1.807) is 0 Å². The van der Waals surface area contributed by atoms with E-state index in [9.17, 15) is 0 Å². The number of para-hydroxylation sites is 1. The van der Waals surface area contributed by atoms with E-state index >= 15 is 0 Å². The van der Waals surface area contributed by atoms with Gasteiger partial charge in [-0.1, -0.05) is 54.6 Å². The zero-order chi connectivity index (χ0) is 19.9. The van der Waals surface area contributed by atoms with E-state index in [1.807, 2.05) is 6.26 Å². The number of nitrogens with zero attached hydrogens (tertiary/aromatic N) is 1. The summed E-state index contributed by atoms with van der Waals surface area (Å²) in [5, 5.41) is 5.11. The summed E-state index contributed by atoms with van der Waals surface area (Å²) in [4.78, 5) is 6.06. The van der Waals surface area contributed by atoms with Crippen molar-refractivity contribution in [3.63, 3.8) is 0 Å². The molecule has 3 nitrogen and oxygen atoms in total. The maximum Gasteiger partial charge on any atom is 0.141 e. The molecule has 30 heavy (non-hydrogen) atoms. The minimum absolute atomic E-state index is 0.665. The topological polar surface area (TPSA) is 32.2 Å². The zero-order valence-corrected chi connectivity index (χ0v) is 17.1. The van der Waals surface area contributed by atoms with Gasteiger partial charge in [-0.05, 0) is 60.8 Å². The summed E-state index contributed by atoms with van der Waals surface area (Å²) in [5.41, 5.74) is 5.11. The zero-order valence-electron chi connectivity index (χ0n) is 17.1. The maximum atomic E-state index is 5.99. The Balaban J connectivity index is 1.13. The molecule has 6 rings (SSSR count). The van der Waals surface area contributed by atoms with Gasteiger partial charge in [0.25, 0.3) is 0 Å². The van der Waals surface area contributed by atoms with Crippen molar-refractivity contribution in [1.29, 1.82) is 0 Å². The largest absolute Gasteiger partial charge is 0.463 e. The maximum absolute atomic E-state index is 5.99. The molecule has 5 aromatic rings. The van der Waals surface area contributed by atoms with Gasteiger partial charge in [-0.25, -0.2) is 0 Å². The highest BCUT2D eigenvalue weighted by molar-refractivity contribution is 6.05. The third kappa shape index (κ3) is 3.01. The summed E-state index contributed by atoms with van der Waals surface area (Å²) >= 11 is 0. The Kier molecular flexibility index (Phi) is 4.35. The van der Waals surface area contributed by atoms with Gasteiger partial charge in [0.1, 0.15) is 5.58 Å². The first-order chi connectivity index (χ1) is 14.9. The molecule has 1 saturated heterocycles. The van der Waals surface area contributed by atoms with Crippen LogP contribution in [0.4, 0.5) is 0 Å². The molecule has 0 bridgehead atoms. The number of benzene rings is 3. The highest BCUT2D eigenvalue weighted by Gasteiger charge is 2.23. The minimum atomic E-state index is 0.665. The van der Waals surface area contributed by atoms with Crippen LogP contribution in [0.3, 0.4) is 0 Å². The third-order valence-electron chi connectivity index (χ3n) is 6.89. The van der Waals surface area contributed by atoms with Crippen molar-refractivity contribution < 1.29 is 4.42 Å². The fourth-order valence-electron chi connectivity index (χ4n) is 5.19. The highest BCUT2D eigenvalue weighted by Crippen LogP contribution is 2.34. The Labute approximate surface area is 176 Å². The number of rotatable bonds is 4. The van der Waals surface area contributed by atoms with Crippen molar-refractivity contribution in [3.8, 4) is 0 Å². The standard InChI is InChI=1S/C27H26N2O/c1-2-6-22-19(5-1)9-10-23-21(18-30-27(22)23)13-16-29-14-11-20(12-15-29)25-17-28-26-8-4-3-7-24(25)26/h1-10,17-18,20,28H,11-16H2. The number of piperidine rings is 1. The second-order valence-electron chi connectivity index (χ2n) is 8.58. The predicted molar refractivity (Wildman–Crippen MR) is 124 cm³/mol. The normalized spacial score (nSPS) is 16.1. The van der Waals surface area contributed by atoms with E-state index in [4.69, 9.17) is 4.42 Å². The lowest BCUT2D eigenvalue weighted by Crippen LogP contribution is -2.34. The average molecular weight is 395 g/mol. The van der Waals surface area contributed by atoms with Gasteiger partial charge < -0.3 is 14.3 Å². The third-order valence-corrected chi connectivity index (χ3v) is 6.89. The fraction of sp³-hybridized carbons (Fsp3) is 0.259. The van der Waals surface area contributed by atoms with Crippen LogP contribution in [0.25, 0.3) is 32.6 Å². The van der Waals surface area contributed by atoms with E-state index in [1.165, 1.54) is 64.1 Å².